The van der Waals surface area contributed by atoms with Crippen LogP contribution in [0.2, 0.25) is 0 Å². The van der Waals surface area contributed by atoms with E-state index in [1.807, 2.05) is 12.1 Å². The van der Waals surface area contributed by atoms with Crippen molar-refractivity contribution in [1.29, 1.82) is 0 Å². The maximum Gasteiger partial charge on any atom is 0.241 e. The predicted octanol–water partition coefficient (Wildman–Crippen LogP) is 1.88. The van der Waals surface area contributed by atoms with Crippen molar-refractivity contribution >= 4 is 15.9 Å². The van der Waals surface area contributed by atoms with Gasteiger partial charge in [0, 0.05) is 30.7 Å². The van der Waals surface area contributed by atoms with Gasteiger partial charge >= 0.3 is 0 Å². The van der Waals surface area contributed by atoms with Crippen LogP contribution < -0.4 is 10.0 Å². The van der Waals surface area contributed by atoms with Gasteiger partial charge in [0.1, 0.15) is 5.82 Å². The summed E-state index contributed by atoms with van der Waals surface area (Å²) in [5.41, 5.74) is 2.24. The number of carbonyl (C=O) groups excluding carboxylic acids is 1. The van der Waals surface area contributed by atoms with E-state index in [-0.39, 0.29) is 11.4 Å². The fourth-order valence-corrected chi connectivity index (χ4v) is 3.49. The lowest BCUT2D eigenvalue weighted by molar-refractivity contribution is -0.120. The molecule has 144 valence electrons. The van der Waals surface area contributed by atoms with Crippen molar-refractivity contribution in [2.75, 3.05) is 6.54 Å². The zero-order chi connectivity index (χ0) is 20.0. The van der Waals surface area contributed by atoms with Crippen LogP contribution in [0.3, 0.4) is 0 Å². The number of amides is 1. The molecule has 0 radical (unpaired) electrons. The van der Waals surface area contributed by atoms with Gasteiger partial charge in [0.05, 0.1) is 17.1 Å². The second kappa shape index (κ2) is 8.68. The Bertz CT molecular complexity index is 1080. The van der Waals surface area contributed by atoms with Crippen molar-refractivity contribution in [2.45, 2.75) is 11.4 Å². The minimum Gasteiger partial charge on any atom is -0.351 e. The van der Waals surface area contributed by atoms with Gasteiger partial charge in [0.2, 0.25) is 15.9 Å². The lowest BCUT2D eigenvalue weighted by atomic mass is 10.1. The number of rotatable bonds is 7. The molecular formula is C19H17FN4O3S. The molecule has 0 bridgehead atoms. The Hall–Kier alpha value is -3.17. The number of sulfonamides is 1. The average Bonchev–Trinajstić information content (AvgIpc) is 2.72. The predicted molar refractivity (Wildman–Crippen MR) is 101 cm³/mol. The molecule has 2 aromatic heterocycles. The summed E-state index contributed by atoms with van der Waals surface area (Å²) in [5.74, 6) is -1.20. The molecule has 3 aromatic rings. The lowest BCUT2D eigenvalue weighted by Crippen LogP contribution is -2.36. The number of hydrogen-bond acceptors (Lipinski definition) is 5. The molecule has 7 nitrogen and oxygen atoms in total. The molecule has 0 aliphatic carbocycles. The number of nitrogens with one attached hydrogen (secondary N) is 2. The molecule has 2 heterocycles. The van der Waals surface area contributed by atoms with Crippen LogP contribution in [-0.2, 0) is 21.4 Å². The Balaban J connectivity index is 1.61. The largest absolute Gasteiger partial charge is 0.351 e. The molecule has 3 rings (SSSR count). The van der Waals surface area contributed by atoms with Gasteiger partial charge in [-0.15, -0.1) is 0 Å². The van der Waals surface area contributed by atoms with Crippen molar-refractivity contribution in [3.8, 4) is 11.3 Å². The second-order valence-electron chi connectivity index (χ2n) is 5.81. The van der Waals surface area contributed by atoms with Crippen LogP contribution in [0.25, 0.3) is 11.3 Å². The first kappa shape index (κ1) is 19.6. The van der Waals surface area contributed by atoms with Gasteiger partial charge in [0.25, 0.3) is 0 Å². The van der Waals surface area contributed by atoms with Crippen molar-refractivity contribution in [3.63, 3.8) is 0 Å². The fraction of sp³-hybridized carbons (Fsp3) is 0.105. The van der Waals surface area contributed by atoms with Gasteiger partial charge in [-0.3, -0.25) is 14.8 Å². The van der Waals surface area contributed by atoms with Crippen molar-refractivity contribution < 1.29 is 17.6 Å². The van der Waals surface area contributed by atoms with Crippen LogP contribution in [0.5, 0.6) is 0 Å². The van der Waals surface area contributed by atoms with E-state index < -0.39 is 28.3 Å². The molecule has 0 saturated carbocycles. The van der Waals surface area contributed by atoms with Gasteiger partial charge < -0.3 is 5.32 Å². The monoisotopic (exact) mass is 400 g/mol. The minimum absolute atomic E-state index is 0.165. The molecule has 0 unspecified atom stereocenters. The standard InChI is InChI=1S/C19H17FN4O3S/c20-16-6-1-7-17(10-16)28(26,27)24-13-18(25)23-12-15-5-3-9-22-19(15)14-4-2-8-21-11-14/h1-11,24H,12-13H2,(H,23,25). The first-order valence-electron chi connectivity index (χ1n) is 8.32. The highest BCUT2D eigenvalue weighted by molar-refractivity contribution is 7.89. The highest BCUT2D eigenvalue weighted by Crippen LogP contribution is 2.19. The molecule has 0 spiro atoms. The van der Waals surface area contributed by atoms with Crippen LogP contribution >= 0.6 is 0 Å². The summed E-state index contributed by atoms with van der Waals surface area (Å²) >= 11 is 0. The van der Waals surface area contributed by atoms with E-state index in [9.17, 15) is 17.6 Å². The highest BCUT2D eigenvalue weighted by atomic mass is 32.2. The van der Waals surface area contributed by atoms with Crippen molar-refractivity contribution in [1.82, 2.24) is 20.0 Å². The Morgan fingerprint density at radius 3 is 2.64 bits per heavy atom. The topological polar surface area (TPSA) is 101 Å². The Kier molecular flexibility index (Phi) is 6.07. The summed E-state index contributed by atoms with van der Waals surface area (Å²) in [6.07, 6.45) is 4.96. The van der Waals surface area contributed by atoms with Crippen LogP contribution in [0.4, 0.5) is 4.39 Å². The van der Waals surface area contributed by atoms with Crippen LogP contribution in [0.15, 0.2) is 72.0 Å². The van der Waals surface area contributed by atoms with Crippen molar-refractivity contribution in [3.05, 3.63) is 78.5 Å². The Morgan fingerprint density at radius 1 is 1.07 bits per heavy atom. The Labute approximate surface area is 161 Å². The smallest absolute Gasteiger partial charge is 0.241 e. The maximum atomic E-state index is 13.2. The van der Waals surface area contributed by atoms with Gasteiger partial charge in [-0.25, -0.2) is 17.5 Å². The van der Waals surface area contributed by atoms with Gasteiger partial charge in [0.15, 0.2) is 0 Å². The van der Waals surface area contributed by atoms with E-state index >= 15 is 0 Å². The van der Waals surface area contributed by atoms with E-state index in [1.54, 1.807) is 30.7 Å². The molecule has 0 aliphatic heterocycles. The number of hydrogen-bond donors (Lipinski definition) is 2. The fourth-order valence-electron chi connectivity index (χ4n) is 2.48. The minimum atomic E-state index is -3.98. The second-order valence-corrected chi connectivity index (χ2v) is 7.58. The summed E-state index contributed by atoms with van der Waals surface area (Å²) in [4.78, 5) is 20.2. The van der Waals surface area contributed by atoms with Crippen LogP contribution in [-0.4, -0.2) is 30.8 Å². The highest BCUT2D eigenvalue weighted by Gasteiger charge is 2.16. The van der Waals surface area contributed by atoms with Gasteiger partial charge in [-0.1, -0.05) is 12.1 Å². The first-order chi connectivity index (χ1) is 13.5. The lowest BCUT2D eigenvalue weighted by Gasteiger charge is -2.10. The summed E-state index contributed by atoms with van der Waals surface area (Å²) in [6.45, 7) is -0.306. The third-order valence-corrected chi connectivity index (χ3v) is 5.23. The number of benzene rings is 1. The molecular weight excluding hydrogens is 383 g/mol. The maximum absolute atomic E-state index is 13.2. The number of nitrogens with zero attached hydrogens (tertiary/aromatic N) is 2. The molecule has 1 aromatic carbocycles. The number of halogens is 1. The van der Waals surface area contributed by atoms with Gasteiger partial charge in [-0.05, 0) is 42.0 Å². The molecule has 28 heavy (non-hydrogen) atoms. The Morgan fingerprint density at radius 2 is 1.89 bits per heavy atom. The van der Waals surface area contributed by atoms with Gasteiger partial charge in [-0.2, -0.15) is 0 Å². The molecule has 0 fully saturated rings. The summed E-state index contributed by atoms with van der Waals surface area (Å²) in [7, 11) is -3.98. The third kappa shape index (κ3) is 4.96. The summed E-state index contributed by atoms with van der Waals surface area (Å²) < 4.78 is 39.6. The van der Waals surface area contributed by atoms with Crippen LogP contribution in [0.1, 0.15) is 5.56 Å². The quantitative estimate of drug-likeness (QED) is 0.631. The SMILES string of the molecule is O=C(CNS(=O)(=O)c1cccc(F)c1)NCc1cccnc1-c1cccnc1. The van der Waals surface area contributed by atoms with Crippen LogP contribution in [0, 0.1) is 5.82 Å². The van der Waals surface area contributed by atoms with Crippen molar-refractivity contribution in [2.24, 2.45) is 0 Å². The number of pyridine rings is 2. The van der Waals surface area contributed by atoms with E-state index in [2.05, 4.69) is 20.0 Å². The first-order valence-corrected chi connectivity index (χ1v) is 9.80. The van der Waals surface area contributed by atoms with E-state index in [0.29, 0.717) is 5.69 Å². The molecule has 2 N–H and O–H groups in total. The average molecular weight is 400 g/mol. The zero-order valence-corrected chi connectivity index (χ0v) is 15.5. The summed E-state index contributed by atoms with van der Waals surface area (Å²) in [6, 6.07) is 11.8. The molecule has 0 saturated heterocycles. The third-order valence-electron chi connectivity index (χ3n) is 3.83. The normalized spacial score (nSPS) is 11.2. The van der Waals surface area contributed by atoms with E-state index in [0.717, 1.165) is 23.3 Å². The van der Waals surface area contributed by atoms with E-state index in [4.69, 9.17) is 0 Å². The molecule has 1 amide bonds. The number of aromatic nitrogens is 2. The molecule has 0 atom stereocenters. The van der Waals surface area contributed by atoms with E-state index in [1.165, 1.54) is 12.1 Å². The molecule has 9 heteroatoms. The summed E-state index contributed by atoms with van der Waals surface area (Å²) in [5, 5.41) is 2.64. The zero-order valence-electron chi connectivity index (χ0n) is 14.7. The molecule has 0 aliphatic rings. The number of carbonyl (C=O) groups is 1.